The number of piperazine rings is 1. The van der Waals surface area contributed by atoms with Crippen molar-refractivity contribution >= 4 is 17.7 Å². The minimum atomic E-state index is -1.17. The highest BCUT2D eigenvalue weighted by molar-refractivity contribution is 6.10. The summed E-state index contributed by atoms with van der Waals surface area (Å²) in [5.74, 6) is -0.639. The van der Waals surface area contributed by atoms with Crippen molar-refractivity contribution in [1.82, 2.24) is 19.7 Å². The second-order valence-electron chi connectivity index (χ2n) is 10.1. The quantitative estimate of drug-likeness (QED) is 0.489. The van der Waals surface area contributed by atoms with E-state index in [0.717, 1.165) is 42.0 Å². The van der Waals surface area contributed by atoms with E-state index in [-0.39, 0.29) is 30.6 Å². The molecule has 0 saturated carbocycles. The van der Waals surface area contributed by atoms with E-state index in [2.05, 4.69) is 22.9 Å². The summed E-state index contributed by atoms with van der Waals surface area (Å²) in [5, 5.41) is 0. The smallest absolute Gasteiger partial charge is 0.240 e. The van der Waals surface area contributed by atoms with Gasteiger partial charge in [-0.15, -0.1) is 0 Å². The van der Waals surface area contributed by atoms with Gasteiger partial charge in [-0.1, -0.05) is 60.7 Å². The monoisotopic (exact) mass is 496 g/mol. The summed E-state index contributed by atoms with van der Waals surface area (Å²) < 4.78 is 0. The number of carbonyl (C=O) groups is 3. The molecule has 37 heavy (non-hydrogen) atoms. The molecule has 3 aromatic rings. The molecule has 1 aromatic heterocycles. The van der Waals surface area contributed by atoms with Crippen molar-refractivity contribution in [2.24, 2.45) is 0 Å². The molecule has 2 aliphatic rings. The number of benzene rings is 2. The number of aromatic nitrogens is 1. The highest BCUT2D eigenvalue weighted by Crippen LogP contribution is 2.40. The summed E-state index contributed by atoms with van der Waals surface area (Å²) in [6.07, 6.45) is 1.81. The van der Waals surface area contributed by atoms with Crippen LogP contribution in [0.1, 0.15) is 29.7 Å². The van der Waals surface area contributed by atoms with Crippen LogP contribution in [0.5, 0.6) is 0 Å². The van der Waals surface area contributed by atoms with Crippen molar-refractivity contribution in [3.8, 4) is 11.1 Å². The molecule has 0 N–H and O–H groups in total. The average molecular weight is 497 g/mol. The Morgan fingerprint density at radius 3 is 2.19 bits per heavy atom. The maximum absolute atomic E-state index is 13.5. The molecular formula is C30H32N4O3. The minimum Gasteiger partial charge on any atom is -0.340 e. The van der Waals surface area contributed by atoms with E-state index in [1.54, 1.807) is 0 Å². The number of imide groups is 1. The molecule has 3 amide bonds. The molecule has 0 spiro atoms. The van der Waals surface area contributed by atoms with Crippen LogP contribution in [0.25, 0.3) is 11.1 Å². The van der Waals surface area contributed by atoms with E-state index in [1.807, 2.05) is 71.8 Å². The van der Waals surface area contributed by atoms with Gasteiger partial charge in [0.25, 0.3) is 0 Å². The number of amides is 3. The van der Waals surface area contributed by atoms with Crippen LogP contribution in [0.15, 0.2) is 72.9 Å². The van der Waals surface area contributed by atoms with Crippen LogP contribution in [0.3, 0.4) is 0 Å². The average Bonchev–Trinajstić information content (AvgIpc) is 3.15. The second-order valence-corrected chi connectivity index (χ2v) is 10.1. The van der Waals surface area contributed by atoms with E-state index in [1.165, 1.54) is 11.9 Å². The highest BCUT2D eigenvalue weighted by atomic mass is 16.2. The lowest BCUT2D eigenvalue weighted by Gasteiger charge is -2.36. The van der Waals surface area contributed by atoms with Gasteiger partial charge in [-0.05, 0) is 35.2 Å². The molecule has 7 heteroatoms. The summed E-state index contributed by atoms with van der Waals surface area (Å²) in [6.45, 7) is 5.48. The Kier molecular flexibility index (Phi) is 6.89. The number of aryl methyl sites for hydroxylation is 1. The van der Waals surface area contributed by atoms with Gasteiger partial charge in [0.05, 0.1) is 11.1 Å². The molecule has 2 saturated heterocycles. The van der Waals surface area contributed by atoms with Crippen LogP contribution in [-0.2, 0) is 26.3 Å². The lowest BCUT2D eigenvalue weighted by atomic mass is 9.75. The first-order valence-electron chi connectivity index (χ1n) is 12.7. The number of hydrogen-bond acceptors (Lipinski definition) is 5. The Morgan fingerprint density at radius 2 is 1.57 bits per heavy atom. The normalized spacial score (nSPS) is 20.5. The highest BCUT2D eigenvalue weighted by Gasteiger charge is 2.53. The molecule has 5 rings (SSSR count). The number of likely N-dealkylation sites (tertiary alicyclic amines) is 1. The number of hydrogen-bond donors (Lipinski definition) is 0. The van der Waals surface area contributed by atoms with Gasteiger partial charge in [-0.3, -0.25) is 29.2 Å². The Balaban J connectivity index is 1.31. The topological polar surface area (TPSA) is 73.8 Å². The van der Waals surface area contributed by atoms with Crippen LogP contribution in [-0.4, -0.2) is 70.6 Å². The summed E-state index contributed by atoms with van der Waals surface area (Å²) in [7, 11) is 1.51. The molecule has 0 unspecified atom stereocenters. The molecule has 0 bridgehead atoms. The van der Waals surface area contributed by atoms with Crippen LogP contribution in [0, 0.1) is 6.92 Å². The number of rotatable bonds is 6. The first kappa shape index (κ1) is 24.8. The van der Waals surface area contributed by atoms with Crippen LogP contribution < -0.4 is 0 Å². The molecule has 0 aliphatic carbocycles. The Labute approximate surface area is 217 Å². The molecule has 1 atom stereocenters. The van der Waals surface area contributed by atoms with Crippen LogP contribution in [0.2, 0.25) is 0 Å². The molecular weight excluding hydrogens is 464 g/mol. The summed E-state index contributed by atoms with van der Waals surface area (Å²) in [5.41, 5.74) is 3.86. The zero-order valence-corrected chi connectivity index (χ0v) is 21.4. The molecule has 7 nitrogen and oxygen atoms in total. The van der Waals surface area contributed by atoms with Crippen molar-refractivity contribution in [2.45, 2.75) is 31.7 Å². The van der Waals surface area contributed by atoms with E-state index >= 15 is 0 Å². The fourth-order valence-electron chi connectivity index (χ4n) is 5.39. The van der Waals surface area contributed by atoms with E-state index in [4.69, 9.17) is 0 Å². The third kappa shape index (κ3) is 4.91. The Hall–Kier alpha value is -3.84. The van der Waals surface area contributed by atoms with Crippen LogP contribution >= 0.6 is 0 Å². The standard InChI is InChI=1S/C30H32N4O3/c1-22-7-6-14-31-26(22)21-33-15-17-34(18-16-33)28(36)20-30(19-27(35)32(2)29(30)37)25-12-10-24(11-13-25)23-8-4-3-5-9-23/h3-14H,15-21H2,1-2H3/t30-/m0/s1. The van der Waals surface area contributed by atoms with E-state index < -0.39 is 5.41 Å². The van der Waals surface area contributed by atoms with Gasteiger partial charge >= 0.3 is 0 Å². The van der Waals surface area contributed by atoms with Crippen molar-refractivity contribution in [3.05, 3.63) is 89.7 Å². The van der Waals surface area contributed by atoms with Crippen molar-refractivity contribution in [1.29, 1.82) is 0 Å². The van der Waals surface area contributed by atoms with Crippen molar-refractivity contribution < 1.29 is 14.4 Å². The SMILES string of the molecule is Cc1cccnc1CN1CCN(C(=O)C[C@]2(c3ccc(-c4ccccc4)cc3)CC(=O)N(C)C2=O)CC1. The second kappa shape index (κ2) is 10.3. The van der Waals surface area contributed by atoms with Gasteiger partial charge in [-0.2, -0.15) is 0 Å². The van der Waals surface area contributed by atoms with Gasteiger partial charge in [-0.25, -0.2) is 0 Å². The molecule has 3 heterocycles. The molecule has 0 radical (unpaired) electrons. The largest absolute Gasteiger partial charge is 0.340 e. The van der Waals surface area contributed by atoms with Crippen molar-refractivity contribution in [2.75, 3.05) is 33.2 Å². The minimum absolute atomic E-state index is 0.00799. The predicted molar refractivity (Wildman–Crippen MR) is 141 cm³/mol. The molecule has 2 aromatic carbocycles. The van der Waals surface area contributed by atoms with Gasteiger partial charge in [0.15, 0.2) is 0 Å². The summed E-state index contributed by atoms with van der Waals surface area (Å²) >= 11 is 0. The fourth-order valence-corrected chi connectivity index (χ4v) is 5.39. The summed E-state index contributed by atoms with van der Waals surface area (Å²) in [6, 6.07) is 21.7. The third-order valence-corrected chi connectivity index (χ3v) is 7.75. The first-order chi connectivity index (χ1) is 17.9. The number of carbonyl (C=O) groups excluding carboxylic acids is 3. The maximum Gasteiger partial charge on any atom is 0.240 e. The van der Waals surface area contributed by atoms with Crippen LogP contribution in [0.4, 0.5) is 0 Å². The van der Waals surface area contributed by atoms with E-state index in [0.29, 0.717) is 18.7 Å². The fraction of sp³-hybridized carbons (Fsp3) is 0.333. The molecule has 2 aliphatic heterocycles. The maximum atomic E-state index is 13.5. The van der Waals surface area contributed by atoms with Crippen molar-refractivity contribution in [3.63, 3.8) is 0 Å². The zero-order valence-electron chi connectivity index (χ0n) is 21.4. The van der Waals surface area contributed by atoms with E-state index in [9.17, 15) is 14.4 Å². The Morgan fingerprint density at radius 1 is 0.892 bits per heavy atom. The number of likely N-dealkylation sites (N-methyl/N-ethyl adjacent to an activating group) is 1. The first-order valence-corrected chi connectivity index (χ1v) is 12.7. The van der Waals surface area contributed by atoms with Gasteiger partial charge in [0.1, 0.15) is 0 Å². The molecule has 190 valence electrons. The Bertz CT molecular complexity index is 1300. The van der Waals surface area contributed by atoms with Gasteiger partial charge in [0.2, 0.25) is 17.7 Å². The van der Waals surface area contributed by atoms with Gasteiger partial charge < -0.3 is 4.90 Å². The number of nitrogens with zero attached hydrogens (tertiary/aromatic N) is 4. The lowest BCUT2D eigenvalue weighted by Crippen LogP contribution is -2.50. The zero-order chi connectivity index (χ0) is 26.0. The molecule has 2 fully saturated rings. The summed E-state index contributed by atoms with van der Waals surface area (Å²) in [4.78, 5) is 49.4. The third-order valence-electron chi connectivity index (χ3n) is 7.75. The predicted octanol–water partition coefficient (Wildman–Crippen LogP) is 3.42. The number of pyridine rings is 1. The van der Waals surface area contributed by atoms with Gasteiger partial charge in [0, 0.05) is 58.8 Å². The lowest BCUT2D eigenvalue weighted by molar-refractivity contribution is -0.142.